The molecule has 5 nitrogen and oxygen atoms in total. The Bertz CT molecular complexity index is 1180. The number of nitrogens with one attached hydrogen (secondary N) is 2. The minimum absolute atomic E-state index is 0.126. The average molecular weight is 360 g/mol. The van der Waals surface area contributed by atoms with Gasteiger partial charge in [0.2, 0.25) is 0 Å². The second-order valence-corrected chi connectivity index (χ2v) is 6.75. The molecule has 1 fully saturated rings. The highest BCUT2D eigenvalue weighted by molar-refractivity contribution is 6.06. The van der Waals surface area contributed by atoms with Crippen LogP contribution in [0.25, 0.3) is 16.6 Å². The predicted molar refractivity (Wildman–Crippen MR) is 103 cm³/mol. The van der Waals surface area contributed by atoms with Crippen LogP contribution in [0.3, 0.4) is 0 Å². The molecule has 0 spiro atoms. The highest BCUT2D eigenvalue weighted by atomic mass is 19.1. The van der Waals surface area contributed by atoms with Gasteiger partial charge in [0, 0.05) is 12.2 Å². The lowest BCUT2D eigenvalue weighted by molar-refractivity contribution is 0.0952. The van der Waals surface area contributed by atoms with Gasteiger partial charge in [0.05, 0.1) is 22.3 Å². The van der Waals surface area contributed by atoms with Gasteiger partial charge in [0.15, 0.2) is 5.82 Å². The van der Waals surface area contributed by atoms with Crippen molar-refractivity contribution in [2.24, 2.45) is 0 Å². The molecule has 2 aromatic carbocycles. The van der Waals surface area contributed by atoms with Crippen LogP contribution in [0, 0.1) is 5.82 Å². The zero-order valence-electron chi connectivity index (χ0n) is 14.4. The number of carbonyl (C=O) groups excluding carboxylic acids is 1. The smallest absolute Gasteiger partial charge is 0.253 e. The molecule has 0 atom stereocenters. The van der Waals surface area contributed by atoms with Crippen molar-refractivity contribution in [1.82, 2.24) is 14.7 Å². The third-order valence-corrected chi connectivity index (χ3v) is 4.77. The summed E-state index contributed by atoms with van der Waals surface area (Å²) in [7, 11) is 0. The molecule has 2 aromatic heterocycles. The van der Waals surface area contributed by atoms with Gasteiger partial charge in [-0.05, 0) is 49.2 Å². The Hall–Kier alpha value is -3.41. The maximum atomic E-state index is 14.1. The van der Waals surface area contributed by atoms with E-state index < -0.39 is 0 Å². The van der Waals surface area contributed by atoms with Crippen LogP contribution in [-0.2, 0) is 0 Å². The lowest BCUT2D eigenvalue weighted by Crippen LogP contribution is -2.25. The quantitative estimate of drug-likeness (QED) is 0.572. The van der Waals surface area contributed by atoms with Crippen LogP contribution in [0.1, 0.15) is 23.2 Å². The Kier molecular flexibility index (Phi) is 3.57. The monoisotopic (exact) mass is 360 g/mol. The number of anilines is 2. The minimum atomic E-state index is -0.358. The van der Waals surface area contributed by atoms with Crippen LogP contribution in [0.15, 0.2) is 60.8 Å². The summed E-state index contributed by atoms with van der Waals surface area (Å²) in [6.07, 6.45) is 3.95. The molecule has 2 heterocycles. The fourth-order valence-electron chi connectivity index (χ4n) is 3.25. The van der Waals surface area contributed by atoms with E-state index in [1.165, 1.54) is 6.07 Å². The van der Waals surface area contributed by atoms with E-state index in [-0.39, 0.29) is 17.8 Å². The molecule has 0 saturated heterocycles. The van der Waals surface area contributed by atoms with Gasteiger partial charge in [-0.1, -0.05) is 18.2 Å². The zero-order chi connectivity index (χ0) is 18.4. The van der Waals surface area contributed by atoms with Crippen molar-refractivity contribution in [3.05, 3.63) is 72.2 Å². The molecule has 0 unspecified atom stereocenters. The highest BCUT2D eigenvalue weighted by Crippen LogP contribution is 2.28. The lowest BCUT2D eigenvalue weighted by Gasteiger charge is -2.13. The number of rotatable bonds is 4. The SMILES string of the molecule is O=C(NC1CC1)c1cccc2c1nc(Nc1ccccc1F)c1cccn12. The van der Waals surface area contributed by atoms with Crippen molar-refractivity contribution in [3.63, 3.8) is 0 Å². The van der Waals surface area contributed by atoms with E-state index in [2.05, 4.69) is 10.6 Å². The molecule has 0 radical (unpaired) electrons. The molecule has 6 heteroatoms. The summed E-state index contributed by atoms with van der Waals surface area (Å²) in [5, 5.41) is 6.09. The third-order valence-electron chi connectivity index (χ3n) is 4.77. The first-order chi connectivity index (χ1) is 13.2. The number of hydrogen-bond donors (Lipinski definition) is 2. The summed E-state index contributed by atoms with van der Waals surface area (Å²) in [6.45, 7) is 0. The van der Waals surface area contributed by atoms with Gasteiger partial charge in [-0.3, -0.25) is 4.79 Å². The molecular formula is C21H17FN4O. The number of halogens is 1. The highest BCUT2D eigenvalue weighted by Gasteiger charge is 2.25. The number of aromatic nitrogens is 2. The van der Waals surface area contributed by atoms with E-state index in [1.807, 2.05) is 34.9 Å². The third kappa shape index (κ3) is 2.79. The van der Waals surface area contributed by atoms with Crippen molar-refractivity contribution in [2.45, 2.75) is 18.9 Å². The van der Waals surface area contributed by atoms with Crippen molar-refractivity contribution in [3.8, 4) is 0 Å². The fraction of sp³-hybridized carbons (Fsp3) is 0.143. The number of carbonyl (C=O) groups is 1. The van der Waals surface area contributed by atoms with E-state index in [4.69, 9.17) is 4.98 Å². The van der Waals surface area contributed by atoms with E-state index in [0.29, 0.717) is 22.6 Å². The van der Waals surface area contributed by atoms with Crippen molar-refractivity contribution in [1.29, 1.82) is 0 Å². The number of para-hydroxylation sites is 2. The summed E-state index contributed by atoms with van der Waals surface area (Å²) >= 11 is 0. The first kappa shape index (κ1) is 15.8. The van der Waals surface area contributed by atoms with Crippen molar-refractivity contribution in [2.75, 3.05) is 5.32 Å². The van der Waals surface area contributed by atoms with E-state index in [0.717, 1.165) is 23.9 Å². The summed E-state index contributed by atoms with van der Waals surface area (Å²) in [4.78, 5) is 17.4. The molecule has 134 valence electrons. The average Bonchev–Trinajstić information content (AvgIpc) is 3.34. The zero-order valence-corrected chi connectivity index (χ0v) is 14.4. The molecule has 1 aliphatic rings. The van der Waals surface area contributed by atoms with Gasteiger partial charge in [-0.15, -0.1) is 0 Å². The van der Waals surface area contributed by atoms with Crippen LogP contribution >= 0.6 is 0 Å². The topological polar surface area (TPSA) is 58.4 Å². The maximum absolute atomic E-state index is 14.1. The van der Waals surface area contributed by atoms with Gasteiger partial charge in [-0.2, -0.15) is 0 Å². The second-order valence-electron chi connectivity index (χ2n) is 6.75. The molecule has 1 saturated carbocycles. The van der Waals surface area contributed by atoms with Gasteiger partial charge in [0.1, 0.15) is 11.3 Å². The molecule has 1 aliphatic carbocycles. The Balaban J connectivity index is 1.69. The van der Waals surface area contributed by atoms with Gasteiger partial charge >= 0.3 is 0 Å². The molecule has 0 aliphatic heterocycles. The summed E-state index contributed by atoms with van der Waals surface area (Å²) in [5.74, 6) is 0.0204. The molecule has 2 N–H and O–H groups in total. The van der Waals surface area contributed by atoms with Crippen LogP contribution in [0.4, 0.5) is 15.9 Å². The number of amides is 1. The lowest BCUT2D eigenvalue weighted by atomic mass is 10.1. The standard InChI is InChI=1S/C21H17FN4O/c22-15-6-1-2-7-16(15)24-20-18-9-4-12-26(18)17-8-3-5-14(19(17)25-20)21(27)23-13-10-11-13/h1-9,12-13H,10-11H2,(H,23,27)(H,24,25). The van der Waals surface area contributed by atoms with Crippen LogP contribution in [0.5, 0.6) is 0 Å². The normalized spacial score (nSPS) is 13.8. The van der Waals surface area contributed by atoms with E-state index in [9.17, 15) is 9.18 Å². The van der Waals surface area contributed by atoms with Crippen LogP contribution in [0.2, 0.25) is 0 Å². The second kappa shape index (κ2) is 6.09. The number of nitrogens with zero attached hydrogens (tertiary/aromatic N) is 2. The predicted octanol–water partition coefficient (Wildman–Crippen LogP) is 4.26. The molecule has 5 rings (SSSR count). The van der Waals surface area contributed by atoms with Crippen LogP contribution in [-0.4, -0.2) is 21.3 Å². The first-order valence-corrected chi connectivity index (χ1v) is 8.93. The van der Waals surface area contributed by atoms with Gasteiger partial charge < -0.3 is 15.0 Å². The Morgan fingerprint density at radius 3 is 2.67 bits per heavy atom. The molecule has 4 aromatic rings. The van der Waals surface area contributed by atoms with Crippen molar-refractivity contribution < 1.29 is 9.18 Å². The fourth-order valence-corrected chi connectivity index (χ4v) is 3.25. The van der Waals surface area contributed by atoms with Gasteiger partial charge in [-0.25, -0.2) is 9.37 Å². The van der Waals surface area contributed by atoms with E-state index in [1.54, 1.807) is 24.3 Å². The number of fused-ring (bicyclic) bond motifs is 3. The largest absolute Gasteiger partial charge is 0.349 e. The summed E-state index contributed by atoms with van der Waals surface area (Å²) in [6, 6.07) is 16.1. The molecule has 0 bridgehead atoms. The number of benzene rings is 2. The molecular weight excluding hydrogens is 343 g/mol. The van der Waals surface area contributed by atoms with Crippen LogP contribution < -0.4 is 10.6 Å². The van der Waals surface area contributed by atoms with E-state index >= 15 is 0 Å². The molecule has 27 heavy (non-hydrogen) atoms. The Morgan fingerprint density at radius 1 is 1.04 bits per heavy atom. The first-order valence-electron chi connectivity index (χ1n) is 8.93. The maximum Gasteiger partial charge on any atom is 0.253 e. The minimum Gasteiger partial charge on any atom is -0.349 e. The Labute approximate surface area is 154 Å². The molecule has 1 amide bonds. The Morgan fingerprint density at radius 2 is 1.85 bits per heavy atom. The summed E-state index contributed by atoms with van der Waals surface area (Å²) in [5.41, 5.74) is 3.08. The summed E-state index contributed by atoms with van der Waals surface area (Å²) < 4.78 is 16.1. The van der Waals surface area contributed by atoms with Crippen molar-refractivity contribution >= 4 is 34.0 Å². The van der Waals surface area contributed by atoms with Gasteiger partial charge in [0.25, 0.3) is 5.91 Å². The number of hydrogen-bond acceptors (Lipinski definition) is 3.